The minimum atomic E-state index is -4.86. The van der Waals surface area contributed by atoms with E-state index in [1.54, 1.807) is 64.3 Å². The second-order valence-corrected chi connectivity index (χ2v) is 8.53. The van der Waals surface area contributed by atoms with Crippen molar-refractivity contribution in [3.8, 4) is 11.5 Å². The third kappa shape index (κ3) is 8.22. The number of carbonyl (C=O) groups is 2. The van der Waals surface area contributed by atoms with Crippen LogP contribution in [0.2, 0.25) is 0 Å². The highest BCUT2D eigenvalue weighted by atomic mass is 19.4. The van der Waals surface area contributed by atoms with Crippen LogP contribution >= 0.6 is 0 Å². The Morgan fingerprint density at radius 3 is 2.38 bits per heavy atom. The number of rotatable bonds is 9. The summed E-state index contributed by atoms with van der Waals surface area (Å²) in [4.78, 5) is 24.3. The predicted octanol–water partition coefficient (Wildman–Crippen LogP) is 6.72. The van der Waals surface area contributed by atoms with Gasteiger partial charge in [-0.3, -0.25) is 9.36 Å². The second kappa shape index (κ2) is 13.7. The molecule has 0 spiro atoms. The van der Waals surface area contributed by atoms with E-state index >= 15 is 0 Å². The Kier molecular flexibility index (Phi) is 10.9. The summed E-state index contributed by atoms with van der Waals surface area (Å²) in [6, 6.07) is 10.6. The number of alkyl halides is 3. The molecule has 0 saturated carbocycles. The van der Waals surface area contributed by atoms with Crippen LogP contribution in [-0.2, 0) is 16.0 Å². The van der Waals surface area contributed by atoms with Gasteiger partial charge in [-0.05, 0) is 63.1 Å². The van der Waals surface area contributed by atoms with E-state index in [0.29, 0.717) is 45.7 Å². The van der Waals surface area contributed by atoms with Crippen LogP contribution in [0.1, 0.15) is 42.4 Å². The normalized spacial score (nSPS) is 12.4. The first-order valence-corrected chi connectivity index (χ1v) is 12.0. The van der Waals surface area contributed by atoms with Gasteiger partial charge in [0.1, 0.15) is 11.5 Å². The molecular formula is C29H32F3NO6. The number of aromatic nitrogens is 1. The van der Waals surface area contributed by atoms with Gasteiger partial charge in [0.15, 0.2) is 6.10 Å². The Labute approximate surface area is 225 Å². The first kappa shape index (κ1) is 31.2. The minimum absolute atomic E-state index is 0.190. The average molecular weight is 548 g/mol. The maximum Gasteiger partial charge on any atom is 0.573 e. The number of ether oxygens (including phenoxy) is 3. The van der Waals surface area contributed by atoms with Gasteiger partial charge in [-0.1, -0.05) is 30.4 Å². The Bertz CT molecular complexity index is 1360. The van der Waals surface area contributed by atoms with E-state index in [0.717, 1.165) is 0 Å². The van der Waals surface area contributed by atoms with Gasteiger partial charge in [0.2, 0.25) is 0 Å². The van der Waals surface area contributed by atoms with E-state index in [9.17, 15) is 27.9 Å². The van der Waals surface area contributed by atoms with Crippen molar-refractivity contribution in [3.05, 3.63) is 83.6 Å². The van der Waals surface area contributed by atoms with E-state index in [4.69, 9.17) is 4.74 Å². The van der Waals surface area contributed by atoms with Crippen molar-refractivity contribution in [1.82, 2.24) is 4.57 Å². The summed E-state index contributed by atoms with van der Waals surface area (Å²) in [6.07, 6.45) is -2.41. The average Bonchev–Trinajstić information content (AvgIpc) is 3.14. The van der Waals surface area contributed by atoms with Crippen molar-refractivity contribution >= 4 is 22.8 Å². The zero-order valence-electron chi connectivity index (χ0n) is 22.5. The molecule has 1 aromatic heterocycles. The number of para-hydroxylation sites is 1. The van der Waals surface area contributed by atoms with Gasteiger partial charge in [0, 0.05) is 30.2 Å². The number of fused-ring (bicyclic) bond motifs is 1. The van der Waals surface area contributed by atoms with Crippen molar-refractivity contribution in [2.24, 2.45) is 0 Å². The van der Waals surface area contributed by atoms with Crippen molar-refractivity contribution in [3.63, 3.8) is 0 Å². The lowest BCUT2D eigenvalue weighted by molar-refractivity contribution is -0.274. The fourth-order valence-corrected chi connectivity index (χ4v) is 3.76. The van der Waals surface area contributed by atoms with E-state index in [1.807, 2.05) is 0 Å². The lowest BCUT2D eigenvalue weighted by Crippen LogP contribution is -2.23. The predicted molar refractivity (Wildman–Crippen MR) is 142 cm³/mol. The quantitative estimate of drug-likeness (QED) is 0.237. The molecular weight excluding hydrogens is 515 g/mol. The molecule has 0 aliphatic rings. The maximum atomic E-state index is 13.1. The van der Waals surface area contributed by atoms with Gasteiger partial charge in [-0.25, -0.2) is 4.79 Å². The summed E-state index contributed by atoms with van der Waals surface area (Å²) in [5.41, 5.74) is 2.67. The Hall–Kier alpha value is -4.05. The van der Waals surface area contributed by atoms with E-state index in [2.05, 4.69) is 16.1 Å². The highest BCUT2D eigenvalue weighted by Gasteiger charge is 2.31. The van der Waals surface area contributed by atoms with Crippen LogP contribution in [0.3, 0.4) is 0 Å². The molecule has 0 radical (unpaired) electrons. The molecule has 39 heavy (non-hydrogen) atoms. The monoisotopic (exact) mass is 547 g/mol. The lowest BCUT2D eigenvalue weighted by atomic mass is 10.0. The number of hydrogen-bond acceptors (Lipinski definition) is 5. The number of carboxylic acids is 1. The Balaban J connectivity index is 0.000000976. The summed E-state index contributed by atoms with van der Waals surface area (Å²) >= 11 is 0. The number of methoxy groups -OCH3 is 1. The number of halogens is 3. The molecule has 0 aliphatic carbocycles. The zero-order valence-corrected chi connectivity index (χ0v) is 22.5. The molecule has 3 aromatic rings. The lowest BCUT2D eigenvalue weighted by Gasteiger charge is -2.15. The highest BCUT2D eigenvalue weighted by molar-refractivity contribution is 6.03. The van der Waals surface area contributed by atoms with Crippen LogP contribution in [0.4, 0.5) is 13.2 Å². The standard InChI is InChI=1S/C25H24F3NO5.C4H8O/c1-5-14(2)23(30)29-15(3)19(20-13-18(10-11-21(20)29)34-25(26,27)28)12-17-8-6-7-9-22(17)33-16(4)24(31)32;1-3-4-5-2/h5-11,13,16H,12H2,1-4H3,(H,31,32);3H,1,4H2,2H3/b14-5+;/t16-;/m1./s1. The minimum Gasteiger partial charge on any atom is -0.479 e. The van der Waals surface area contributed by atoms with Crippen LogP contribution in [-0.4, -0.2) is 47.7 Å². The number of aliphatic carboxylic acids is 1. The van der Waals surface area contributed by atoms with Gasteiger partial charge in [0.25, 0.3) is 5.91 Å². The third-order valence-electron chi connectivity index (χ3n) is 5.79. The Morgan fingerprint density at radius 1 is 1.18 bits per heavy atom. The summed E-state index contributed by atoms with van der Waals surface area (Å²) in [6.45, 7) is 10.6. The highest BCUT2D eigenvalue weighted by Crippen LogP contribution is 2.35. The number of carboxylic acid groups (broad SMARTS) is 1. The van der Waals surface area contributed by atoms with Crippen molar-refractivity contribution < 1.29 is 42.1 Å². The first-order chi connectivity index (χ1) is 18.3. The molecule has 1 heterocycles. The number of benzene rings is 2. The molecule has 0 bridgehead atoms. The summed E-state index contributed by atoms with van der Waals surface area (Å²) in [5.74, 6) is -1.51. The Morgan fingerprint density at radius 2 is 1.85 bits per heavy atom. The van der Waals surface area contributed by atoms with Crippen molar-refractivity contribution in [2.75, 3.05) is 13.7 Å². The topological polar surface area (TPSA) is 87.0 Å². The van der Waals surface area contributed by atoms with Gasteiger partial charge >= 0.3 is 12.3 Å². The fraction of sp³-hybridized carbons (Fsp3) is 0.310. The molecule has 0 unspecified atom stereocenters. The van der Waals surface area contributed by atoms with Crippen LogP contribution < -0.4 is 9.47 Å². The smallest absolute Gasteiger partial charge is 0.479 e. The van der Waals surface area contributed by atoms with Crippen LogP contribution in [0.25, 0.3) is 10.9 Å². The number of allylic oxidation sites excluding steroid dienone is 2. The molecule has 1 N–H and O–H groups in total. The largest absolute Gasteiger partial charge is 0.573 e. The van der Waals surface area contributed by atoms with E-state index < -0.39 is 24.2 Å². The molecule has 1 atom stereocenters. The summed E-state index contributed by atoms with van der Waals surface area (Å²) < 4.78 is 54.2. The molecule has 210 valence electrons. The fourth-order valence-electron chi connectivity index (χ4n) is 3.76. The van der Waals surface area contributed by atoms with E-state index in [1.165, 1.54) is 29.7 Å². The zero-order chi connectivity index (χ0) is 29.3. The van der Waals surface area contributed by atoms with Gasteiger partial charge in [0.05, 0.1) is 12.1 Å². The third-order valence-corrected chi connectivity index (χ3v) is 5.79. The van der Waals surface area contributed by atoms with Crippen molar-refractivity contribution in [2.45, 2.75) is 46.6 Å². The SMILES string of the molecule is C/C=C(\C)C(=O)n1c(C)c(Cc2ccccc2O[C@H](C)C(=O)O)c2cc(OC(F)(F)F)ccc21.C=CCOC. The maximum absolute atomic E-state index is 13.1. The molecule has 3 rings (SSSR count). The molecule has 0 amide bonds. The molecule has 0 aliphatic heterocycles. The number of carbonyl (C=O) groups excluding carboxylic acids is 1. The molecule has 0 saturated heterocycles. The molecule has 7 nitrogen and oxygen atoms in total. The molecule has 10 heteroatoms. The molecule has 0 fully saturated rings. The summed E-state index contributed by atoms with van der Waals surface area (Å²) in [7, 11) is 1.64. The van der Waals surface area contributed by atoms with Gasteiger partial charge in [-0.15, -0.1) is 19.8 Å². The van der Waals surface area contributed by atoms with Crippen LogP contribution in [0.5, 0.6) is 11.5 Å². The van der Waals surface area contributed by atoms with Crippen LogP contribution in [0, 0.1) is 6.92 Å². The second-order valence-electron chi connectivity index (χ2n) is 8.53. The number of hydrogen-bond donors (Lipinski definition) is 1. The van der Waals surface area contributed by atoms with Gasteiger partial charge in [-0.2, -0.15) is 0 Å². The van der Waals surface area contributed by atoms with Crippen LogP contribution in [0.15, 0.2) is 66.8 Å². The van der Waals surface area contributed by atoms with E-state index in [-0.39, 0.29) is 12.3 Å². The first-order valence-electron chi connectivity index (χ1n) is 12.0. The van der Waals surface area contributed by atoms with Crippen molar-refractivity contribution in [1.29, 1.82) is 0 Å². The molecule has 2 aromatic carbocycles. The number of nitrogens with zero attached hydrogens (tertiary/aromatic N) is 1. The summed E-state index contributed by atoms with van der Waals surface area (Å²) in [5, 5.41) is 9.61. The van der Waals surface area contributed by atoms with Gasteiger partial charge < -0.3 is 19.3 Å².